The molecule has 5 aromatic rings. The molecule has 42 heavy (non-hydrogen) atoms. The molecule has 0 saturated heterocycles. The Morgan fingerprint density at radius 3 is 2.38 bits per heavy atom. The molecule has 1 aliphatic heterocycles. The van der Waals surface area contributed by atoms with Gasteiger partial charge in [0, 0.05) is 16.5 Å². The molecule has 0 N–H and O–H groups in total. The fourth-order valence-corrected chi connectivity index (χ4v) is 11.1. The predicted octanol–water partition coefficient (Wildman–Crippen LogP) is 8.04. The Kier molecular flexibility index (Phi) is 6.93. The van der Waals surface area contributed by atoms with Crippen LogP contribution in [0.4, 0.5) is 0 Å². The van der Waals surface area contributed by atoms with Crippen LogP contribution in [0.1, 0.15) is 18.1 Å². The number of para-hydroxylation sites is 1. The number of nitrogens with zero attached hydrogens (tertiary/aromatic N) is 3. The Labute approximate surface area is 247 Å². The molecule has 0 spiro atoms. The Morgan fingerprint density at radius 2 is 1.60 bits per heavy atom. The predicted molar refractivity (Wildman–Crippen MR) is 178 cm³/mol. The summed E-state index contributed by atoms with van der Waals surface area (Å²) in [4.78, 5) is 0. The van der Waals surface area contributed by atoms with Gasteiger partial charge in [0.15, 0.2) is 8.07 Å². The minimum atomic E-state index is -2.50. The first-order chi connectivity index (χ1) is 20.6. The second kappa shape index (κ2) is 10.9. The Bertz CT molecular complexity index is 2090. The van der Waals surface area contributed by atoms with E-state index in [2.05, 4.69) is 109 Å². The summed E-state index contributed by atoms with van der Waals surface area (Å²) in [6, 6.07) is 32.6. The molecule has 2 heterocycles. The lowest BCUT2D eigenvalue weighted by atomic mass is 10.0. The highest BCUT2D eigenvalue weighted by Crippen LogP contribution is 2.40. The first kappa shape index (κ1) is 26.8. The third kappa shape index (κ3) is 4.01. The van der Waals surface area contributed by atoms with Crippen LogP contribution in [0.5, 0.6) is 0 Å². The number of nitriles is 2. The van der Waals surface area contributed by atoms with Crippen LogP contribution in [0.3, 0.4) is 0 Å². The van der Waals surface area contributed by atoms with Gasteiger partial charge < -0.3 is 4.57 Å². The molecule has 0 radical (unpaired) electrons. The lowest BCUT2D eigenvalue weighted by Gasteiger charge is -2.30. The van der Waals surface area contributed by atoms with Gasteiger partial charge in [0.25, 0.3) is 0 Å². The zero-order valence-corrected chi connectivity index (χ0v) is 24.5. The van der Waals surface area contributed by atoms with Gasteiger partial charge in [-0.1, -0.05) is 109 Å². The van der Waals surface area contributed by atoms with Gasteiger partial charge in [0.1, 0.15) is 12.1 Å². The van der Waals surface area contributed by atoms with Gasteiger partial charge in [-0.15, -0.1) is 0 Å². The molecular formula is C38H29N3Si. The van der Waals surface area contributed by atoms with Crippen molar-refractivity contribution in [3.8, 4) is 29.0 Å². The van der Waals surface area contributed by atoms with E-state index in [0.29, 0.717) is 11.1 Å². The van der Waals surface area contributed by atoms with Crippen LogP contribution in [0, 0.1) is 22.7 Å². The van der Waals surface area contributed by atoms with Crippen molar-refractivity contribution in [2.24, 2.45) is 0 Å². The molecule has 0 saturated carbocycles. The summed E-state index contributed by atoms with van der Waals surface area (Å²) >= 11 is 0. The minimum Gasteiger partial charge on any atom is -0.309 e. The first-order valence-electron chi connectivity index (χ1n) is 14.0. The molecule has 0 bridgehead atoms. The van der Waals surface area contributed by atoms with Crippen molar-refractivity contribution in [2.75, 3.05) is 0 Å². The van der Waals surface area contributed by atoms with Gasteiger partial charge in [0.05, 0.1) is 22.2 Å². The summed E-state index contributed by atoms with van der Waals surface area (Å²) in [6.45, 7) is 10.6. The van der Waals surface area contributed by atoms with Gasteiger partial charge in [-0.2, -0.15) is 10.5 Å². The van der Waals surface area contributed by atoms with E-state index in [1.165, 1.54) is 21.5 Å². The maximum absolute atomic E-state index is 9.77. The normalized spacial score (nSPS) is 15.8. The van der Waals surface area contributed by atoms with Crippen LogP contribution in [0.2, 0.25) is 6.04 Å². The SMILES string of the molecule is C=C/C=C\C(=C)[Si]1(C/C=C\C=C/C)c2ccccc2-c2cc3c(cc21)c1ccccc1n3-c1ccc(C#N)c(C#N)c1. The van der Waals surface area contributed by atoms with Crippen molar-refractivity contribution < 1.29 is 0 Å². The average Bonchev–Trinajstić information content (AvgIpc) is 3.50. The molecule has 0 aliphatic carbocycles. The lowest BCUT2D eigenvalue weighted by Crippen LogP contribution is -2.56. The molecule has 4 aromatic carbocycles. The van der Waals surface area contributed by atoms with Crippen LogP contribution in [0.15, 0.2) is 140 Å². The monoisotopic (exact) mass is 555 g/mol. The van der Waals surface area contributed by atoms with Crippen molar-refractivity contribution >= 4 is 40.3 Å². The minimum absolute atomic E-state index is 0.372. The molecule has 1 aromatic heterocycles. The van der Waals surface area contributed by atoms with E-state index in [0.717, 1.165) is 38.7 Å². The molecule has 200 valence electrons. The van der Waals surface area contributed by atoms with E-state index < -0.39 is 8.07 Å². The molecule has 0 fully saturated rings. The molecule has 1 atom stereocenters. The van der Waals surface area contributed by atoms with Gasteiger partial charge in [-0.05, 0) is 64.8 Å². The zero-order valence-electron chi connectivity index (χ0n) is 23.5. The highest BCUT2D eigenvalue weighted by molar-refractivity contribution is 7.11. The number of hydrogen-bond acceptors (Lipinski definition) is 2. The maximum Gasteiger partial charge on any atom is 0.152 e. The molecule has 1 unspecified atom stereocenters. The van der Waals surface area contributed by atoms with Gasteiger partial charge in [-0.3, -0.25) is 0 Å². The van der Waals surface area contributed by atoms with Crippen molar-refractivity contribution in [3.05, 3.63) is 151 Å². The summed E-state index contributed by atoms with van der Waals surface area (Å²) in [6.07, 6.45) is 14.5. The molecule has 3 nitrogen and oxygen atoms in total. The van der Waals surface area contributed by atoms with Gasteiger partial charge >= 0.3 is 0 Å². The van der Waals surface area contributed by atoms with Gasteiger partial charge in [-0.25, -0.2) is 0 Å². The largest absolute Gasteiger partial charge is 0.309 e. The highest BCUT2D eigenvalue weighted by atomic mass is 28.3. The highest BCUT2D eigenvalue weighted by Gasteiger charge is 2.46. The third-order valence-electron chi connectivity index (χ3n) is 8.30. The molecule has 1 aliphatic rings. The van der Waals surface area contributed by atoms with E-state index in [9.17, 15) is 10.5 Å². The fraction of sp³-hybridized carbons (Fsp3) is 0.0526. The number of aromatic nitrogens is 1. The van der Waals surface area contributed by atoms with Crippen molar-refractivity contribution in [1.29, 1.82) is 10.5 Å². The van der Waals surface area contributed by atoms with E-state index in [4.69, 9.17) is 0 Å². The topological polar surface area (TPSA) is 52.5 Å². The lowest BCUT2D eigenvalue weighted by molar-refractivity contribution is 1.17. The molecule has 6 rings (SSSR count). The zero-order chi connectivity index (χ0) is 29.3. The standard InChI is InChI=1S/C38H29N3Si/c1-4-6-8-13-21-42(27(3)14-7-5-2)37-18-12-10-16-32(37)34-23-36-33(24-38(34)42)31-15-9-11-17-35(31)41(36)30-20-19-28(25-39)29(22-30)26-40/h4-20,22-24H,2-3,21H2,1H3/b6-4-,13-8-,14-7-. The second-order valence-electron chi connectivity index (χ2n) is 10.5. The summed E-state index contributed by atoms with van der Waals surface area (Å²) in [7, 11) is -2.50. The quantitative estimate of drug-likeness (QED) is 0.151. The van der Waals surface area contributed by atoms with Crippen molar-refractivity contribution in [3.63, 3.8) is 0 Å². The first-order valence-corrected chi connectivity index (χ1v) is 16.2. The Morgan fingerprint density at radius 1 is 0.810 bits per heavy atom. The summed E-state index contributed by atoms with van der Waals surface area (Å²) in [5.74, 6) is 0. The van der Waals surface area contributed by atoms with E-state index in [1.807, 2.05) is 43.4 Å². The number of rotatable bonds is 7. The number of allylic oxidation sites excluding steroid dienone is 8. The van der Waals surface area contributed by atoms with E-state index in [1.54, 1.807) is 6.07 Å². The number of fused-ring (bicyclic) bond motifs is 6. The fourth-order valence-electron chi connectivity index (χ4n) is 6.42. The third-order valence-corrected chi connectivity index (χ3v) is 13.1. The number of benzene rings is 4. The molecular weight excluding hydrogens is 527 g/mol. The Balaban J connectivity index is 1.72. The average molecular weight is 556 g/mol. The molecule has 0 amide bonds. The van der Waals surface area contributed by atoms with Crippen molar-refractivity contribution in [1.82, 2.24) is 4.57 Å². The number of hydrogen-bond donors (Lipinski definition) is 0. The summed E-state index contributed by atoms with van der Waals surface area (Å²) < 4.78 is 2.22. The van der Waals surface area contributed by atoms with Crippen molar-refractivity contribution in [2.45, 2.75) is 13.0 Å². The van der Waals surface area contributed by atoms with E-state index in [-0.39, 0.29) is 0 Å². The maximum atomic E-state index is 9.77. The second-order valence-corrected chi connectivity index (χ2v) is 14.4. The van der Waals surface area contributed by atoms with Crippen LogP contribution in [-0.2, 0) is 0 Å². The summed E-state index contributed by atoms with van der Waals surface area (Å²) in [5.41, 5.74) is 6.22. The Hall–Kier alpha value is -5.42. The van der Waals surface area contributed by atoms with E-state index >= 15 is 0 Å². The van der Waals surface area contributed by atoms with Crippen LogP contribution >= 0.6 is 0 Å². The van der Waals surface area contributed by atoms with Crippen LogP contribution in [0.25, 0.3) is 38.6 Å². The van der Waals surface area contributed by atoms with Crippen LogP contribution < -0.4 is 10.4 Å². The van der Waals surface area contributed by atoms with Gasteiger partial charge in [0.2, 0.25) is 0 Å². The van der Waals surface area contributed by atoms with Crippen LogP contribution in [-0.4, -0.2) is 12.6 Å². The summed E-state index contributed by atoms with van der Waals surface area (Å²) in [5, 5.41) is 25.5. The molecule has 4 heteroatoms. The smallest absolute Gasteiger partial charge is 0.152 e.